The first-order valence-corrected chi connectivity index (χ1v) is 8.27. The molecule has 0 saturated carbocycles. The Bertz CT molecular complexity index is 405. The number of ether oxygens (including phenoxy) is 1. The first-order chi connectivity index (χ1) is 10.4. The zero-order chi connectivity index (χ0) is 16.2. The maximum Gasteiger partial charge on any atom is 0.245 e. The maximum atomic E-state index is 12.8. The molecule has 2 aliphatic heterocycles. The lowest BCUT2D eigenvalue weighted by Gasteiger charge is -2.42. The summed E-state index contributed by atoms with van der Waals surface area (Å²) in [7, 11) is 1.85. The van der Waals surface area contributed by atoms with Crippen molar-refractivity contribution in [2.45, 2.75) is 51.1 Å². The van der Waals surface area contributed by atoms with Crippen molar-refractivity contribution in [2.24, 2.45) is 0 Å². The van der Waals surface area contributed by atoms with Crippen molar-refractivity contribution < 1.29 is 14.3 Å². The second kappa shape index (κ2) is 7.42. The lowest BCUT2D eigenvalue weighted by Crippen LogP contribution is -2.58. The highest BCUT2D eigenvalue weighted by Gasteiger charge is 2.34. The minimum absolute atomic E-state index is 0.00441. The van der Waals surface area contributed by atoms with Crippen LogP contribution in [-0.4, -0.2) is 73.1 Å². The Morgan fingerprint density at radius 2 is 2.05 bits per heavy atom. The Morgan fingerprint density at radius 3 is 2.73 bits per heavy atom. The molecule has 2 aliphatic rings. The van der Waals surface area contributed by atoms with Crippen LogP contribution in [0.25, 0.3) is 0 Å². The number of nitrogens with zero attached hydrogens (tertiary/aromatic N) is 2. The number of carbonyl (C=O) groups excluding carboxylic acids is 2. The summed E-state index contributed by atoms with van der Waals surface area (Å²) < 4.78 is 5.37. The summed E-state index contributed by atoms with van der Waals surface area (Å²) in [5.74, 6) is 0.0174. The van der Waals surface area contributed by atoms with Crippen LogP contribution in [0.5, 0.6) is 0 Å². The molecule has 0 radical (unpaired) electrons. The zero-order valence-electron chi connectivity index (χ0n) is 14.1. The van der Waals surface area contributed by atoms with Crippen LogP contribution in [0.15, 0.2) is 0 Å². The Labute approximate surface area is 133 Å². The smallest absolute Gasteiger partial charge is 0.245 e. The van der Waals surface area contributed by atoms with Crippen LogP contribution in [0.1, 0.15) is 39.5 Å². The van der Waals surface area contributed by atoms with Gasteiger partial charge in [0.15, 0.2) is 0 Å². The number of morpholine rings is 1. The molecule has 0 aromatic heterocycles. The van der Waals surface area contributed by atoms with Gasteiger partial charge in [0.05, 0.1) is 13.2 Å². The maximum absolute atomic E-state index is 12.8. The summed E-state index contributed by atoms with van der Waals surface area (Å²) in [6.45, 7) is 8.31. The molecule has 1 N–H and O–H groups in total. The van der Waals surface area contributed by atoms with Gasteiger partial charge in [-0.1, -0.05) is 6.42 Å². The van der Waals surface area contributed by atoms with Crippen molar-refractivity contribution in [3.8, 4) is 0 Å². The van der Waals surface area contributed by atoms with Gasteiger partial charge in [-0.05, 0) is 26.7 Å². The van der Waals surface area contributed by atoms with E-state index in [9.17, 15) is 9.59 Å². The molecule has 2 heterocycles. The molecule has 0 bridgehead atoms. The number of carbonyl (C=O) groups is 2. The molecule has 0 aromatic carbocycles. The van der Waals surface area contributed by atoms with Crippen molar-refractivity contribution in [2.75, 3.05) is 39.9 Å². The zero-order valence-corrected chi connectivity index (χ0v) is 14.1. The van der Waals surface area contributed by atoms with Gasteiger partial charge in [0.1, 0.15) is 6.04 Å². The molecule has 0 aromatic rings. The summed E-state index contributed by atoms with van der Waals surface area (Å²) in [6.07, 6.45) is 3.07. The molecule has 22 heavy (non-hydrogen) atoms. The van der Waals surface area contributed by atoms with Gasteiger partial charge in [0, 0.05) is 38.6 Å². The third kappa shape index (κ3) is 4.43. The van der Waals surface area contributed by atoms with E-state index in [1.807, 2.05) is 7.05 Å². The molecular formula is C16H29N3O3. The molecule has 0 unspecified atom stereocenters. The fourth-order valence-corrected chi connectivity index (χ4v) is 3.10. The standard InChI is InChI=1S/C16H29N3O3/c1-16(2,12-19-8-10-22-11-9-19)18(3)15(21)13-6-4-5-7-14(20)17-13/h13H,4-12H2,1-3H3,(H,17,20)/t13-/m0/s1. The topological polar surface area (TPSA) is 61.9 Å². The Morgan fingerprint density at radius 1 is 1.36 bits per heavy atom. The largest absolute Gasteiger partial charge is 0.379 e. The summed E-state index contributed by atoms with van der Waals surface area (Å²) in [5, 5.41) is 2.87. The van der Waals surface area contributed by atoms with Crippen LogP contribution >= 0.6 is 0 Å². The van der Waals surface area contributed by atoms with Crippen LogP contribution in [0.3, 0.4) is 0 Å². The molecule has 0 aliphatic carbocycles. The molecule has 2 fully saturated rings. The summed E-state index contributed by atoms with van der Waals surface area (Å²) in [4.78, 5) is 28.6. The molecule has 6 heteroatoms. The van der Waals surface area contributed by atoms with Crippen molar-refractivity contribution >= 4 is 11.8 Å². The SMILES string of the molecule is CN(C(=O)[C@@H]1CCCCC(=O)N1)C(C)(C)CN1CCOCC1. The van der Waals surface area contributed by atoms with Gasteiger partial charge in [-0.3, -0.25) is 14.5 Å². The van der Waals surface area contributed by atoms with E-state index in [4.69, 9.17) is 4.74 Å². The molecule has 2 amide bonds. The number of hydrogen-bond donors (Lipinski definition) is 1. The van der Waals surface area contributed by atoms with Crippen molar-refractivity contribution in [1.29, 1.82) is 0 Å². The first-order valence-electron chi connectivity index (χ1n) is 8.27. The molecule has 1 atom stereocenters. The predicted molar refractivity (Wildman–Crippen MR) is 84.5 cm³/mol. The van der Waals surface area contributed by atoms with E-state index < -0.39 is 0 Å². The third-order valence-electron chi connectivity index (χ3n) is 4.73. The third-order valence-corrected chi connectivity index (χ3v) is 4.73. The molecular weight excluding hydrogens is 282 g/mol. The Hall–Kier alpha value is -1.14. The van der Waals surface area contributed by atoms with E-state index in [0.29, 0.717) is 6.42 Å². The second-order valence-electron chi connectivity index (χ2n) is 6.96. The average molecular weight is 311 g/mol. The number of hydrogen-bond acceptors (Lipinski definition) is 4. The van der Waals surface area contributed by atoms with E-state index in [-0.39, 0.29) is 23.4 Å². The lowest BCUT2D eigenvalue weighted by atomic mass is 10.00. The Kier molecular flexibility index (Phi) is 5.81. The summed E-state index contributed by atoms with van der Waals surface area (Å²) in [5.41, 5.74) is -0.272. The molecule has 0 spiro atoms. The first kappa shape index (κ1) is 17.2. The normalized spacial score (nSPS) is 24.5. The molecule has 2 rings (SSSR count). The highest BCUT2D eigenvalue weighted by molar-refractivity contribution is 5.88. The average Bonchev–Trinajstić information content (AvgIpc) is 2.71. The fraction of sp³-hybridized carbons (Fsp3) is 0.875. The fourth-order valence-electron chi connectivity index (χ4n) is 3.10. The monoisotopic (exact) mass is 311 g/mol. The minimum Gasteiger partial charge on any atom is -0.379 e. The van der Waals surface area contributed by atoms with Crippen LogP contribution in [0.4, 0.5) is 0 Å². The summed E-state index contributed by atoms with van der Waals surface area (Å²) in [6, 6.07) is -0.371. The molecule has 2 saturated heterocycles. The molecule has 6 nitrogen and oxygen atoms in total. The second-order valence-corrected chi connectivity index (χ2v) is 6.96. The van der Waals surface area contributed by atoms with Crippen LogP contribution in [0, 0.1) is 0 Å². The number of amides is 2. The van der Waals surface area contributed by atoms with E-state index in [1.165, 1.54) is 0 Å². The van der Waals surface area contributed by atoms with Crippen LogP contribution in [-0.2, 0) is 14.3 Å². The van der Waals surface area contributed by atoms with E-state index in [0.717, 1.165) is 52.1 Å². The number of likely N-dealkylation sites (N-methyl/N-ethyl adjacent to an activating group) is 1. The van der Waals surface area contributed by atoms with Gasteiger partial charge in [-0.15, -0.1) is 0 Å². The highest BCUT2D eigenvalue weighted by Crippen LogP contribution is 2.19. The van der Waals surface area contributed by atoms with Gasteiger partial charge in [-0.25, -0.2) is 0 Å². The van der Waals surface area contributed by atoms with Gasteiger partial charge in [0.2, 0.25) is 11.8 Å². The highest BCUT2D eigenvalue weighted by atomic mass is 16.5. The summed E-state index contributed by atoms with van der Waals surface area (Å²) >= 11 is 0. The van der Waals surface area contributed by atoms with Gasteiger partial charge in [-0.2, -0.15) is 0 Å². The number of rotatable bonds is 4. The van der Waals surface area contributed by atoms with Crippen LogP contribution < -0.4 is 5.32 Å². The van der Waals surface area contributed by atoms with Crippen molar-refractivity contribution in [1.82, 2.24) is 15.1 Å². The van der Waals surface area contributed by atoms with Crippen molar-refractivity contribution in [3.05, 3.63) is 0 Å². The Balaban J connectivity index is 1.96. The van der Waals surface area contributed by atoms with Crippen LogP contribution in [0.2, 0.25) is 0 Å². The minimum atomic E-state index is -0.371. The van der Waals surface area contributed by atoms with Gasteiger partial charge in [0.25, 0.3) is 0 Å². The van der Waals surface area contributed by atoms with Gasteiger partial charge >= 0.3 is 0 Å². The predicted octanol–water partition coefficient (Wildman–Crippen LogP) is 0.614. The quantitative estimate of drug-likeness (QED) is 0.826. The van der Waals surface area contributed by atoms with E-state index >= 15 is 0 Å². The van der Waals surface area contributed by atoms with Gasteiger partial charge < -0.3 is 15.0 Å². The van der Waals surface area contributed by atoms with E-state index in [1.54, 1.807) is 4.90 Å². The molecule has 126 valence electrons. The number of nitrogens with one attached hydrogen (secondary N) is 1. The van der Waals surface area contributed by atoms with E-state index in [2.05, 4.69) is 24.1 Å². The van der Waals surface area contributed by atoms with Crippen molar-refractivity contribution in [3.63, 3.8) is 0 Å². The lowest BCUT2D eigenvalue weighted by molar-refractivity contribution is -0.140.